The van der Waals surface area contributed by atoms with Crippen molar-refractivity contribution in [3.05, 3.63) is 29.8 Å². The third kappa shape index (κ3) is 4.39. The molecule has 116 valence electrons. The number of anilines is 1. The van der Waals surface area contributed by atoms with E-state index in [1.165, 1.54) is 6.07 Å². The van der Waals surface area contributed by atoms with Gasteiger partial charge in [0.2, 0.25) is 0 Å². The molecule has 3 N–H and O–H groups in total. The van der Waals surface area contributed by atoms with Crippen LogP contribution in [0.5, 0.6) is 0 Å². The highest BCUT2D eigenvalue weighted by Crippen LogP contribution is 2.29. The fourth-order valence-electron chi connectivity index (χ4n) is 2.77. The van der Waals surface area contributed by atoms with Crippen LogP contribution in [-0.2, 0) is 0 Å². The molecule has 1 aromatic carbocycles. The highest BCUT2D eigenvalue weighted by atomic mass is 19.1. The molecule has 2 amide bonds. The summed E-state index contributed by atoms with van der Waals surface area (Å²) in [6.45, 7) is 0.570. The molecule has 0 heterocycles. The first-order valence-electron chi connectivity index (χ1n) is 7.21. The summed E-state index contributed by atoms with van der Waals surface area (Å²) in [4.78, 5) is 11.7. The zero-order chi connectivity index (χ0) is 15.2. The van der Waals surface area contributed by atoms with Crippen molar-refractivity contribution in [3.63, 3.8) is 0 Å². The van der Waals surface area contributed by atoms with Crippen LogP contribution in [0.1, 0.15) is 25.7 Å². The number of benzene rings is 1. The molecule has 2 unspecified atom stereocenters. The van der Waals surface area contributed by atoms with Crippen LogP contribution in [0.15, 0.2) is 18.2 Å². The van der Waals surface area contributed by atoms with Gasteiger partial charge in [-0.2, -0.15) is 0 Å². The van der Waals surface area contributed by atoms with Crippen LogP contribution in [0, 0.1) is 23.5 Å². The summed E-state index contributed by atoms with van der Waals surface area (Å²) in [7, 11) is 0. The standard InChI is InChI=1S/C15H20F2N2O2/c16-12-5-6-14(13(17)7-12)19-15(21)18-8-10-3-1-2-4-11(10)9-20/h5-7,10-11,20H,1-4,8-9H2,(H2,18,19,21). The number of aliphatic hydroxyl groups excluding tert-OH is 1. The Balaban J connectivity index is 1.84. The Bertz CT molecular complexity index is 497. The van der Waals surface area contributed by atoms with Crippen LogP contribution in [0.25, 0.3) is 0 Å². The van der Waals surface area contributed by atoms with E-state index in [-0.39, 0.29) is 24.1 Å². The van der Waals surface area contributed by atoms with E-state index >= 15 is 0 Å². The molecule has 0 radical (unpaired) electrons. The topological polar surface area (TPSA) is 61.4 Å². The Kier molecular flexibility index (Phi) is 5.50. The van der Waals surface area contributed by atoms with Crippen LogP contribution in [0.4, 0.5) is 19.3 Å². The van der Waals surface area contributed by atoms with Crippen LogP contribution in [0.3, 0.4) is 0 Å². The number of hydrogen-bond acceptors (Lipinski definition) is 2. The predicted octanol–water partition coefficient (Wildman–Crippen LogP) is 2.89. The Morgan fingerprint density at radius 3 is 2.62 bits per heavy atom. The van der Waals surface area contributed by atoms with Crippen molar-refractivity contribution < 1.29 is 18.7 Å². The van der Waals surface area contributed by atoms with Crippen LogP contribution < -0.4 is 10.6 Å². The molecule has 1 saturated carbocycles. The first kappa shape index (κ1) is 15.7. The number of rotatable bonds is 4. The molecular weight excluding hydrogens is 278 g/mol. The van der Waals surface area contributed by atoms with Gasteiger partial charge in [0.05, 0.1) is 5.69 Å². The van der Waals surface area contributed by atoms with E-state index in [0.29, 0.717) is 6.54 Å². The normalized spacial score (nSPS) is 21.9. The monoisotopic (exact) mass is 298 g/mol. The smallest absolute Gasteiger partial charge is 0.319 e. The van der Waals surface area contributed by atoms with Crippen molar-refractivity contribution >= 4 is 11.7 Å². The van der Waals surface area contributed by atoms with Gasteiger partial charge in [0.25, 0.3) is 0 Å². The van der Waals surface area contributed by atoms with Crippen molar-refractivity contribution in [1.29, 1.82) is 0 Å². The Hall–Kier alpha value is -1.69. The summed E-state index contributed by atoms with van der Waals surface area (Å²) in [5.74, 6) is -1.04. The van der Waals surface area contributed by atoms with Crippen molar-refractivity contribution in [1.82, 2.24) is 5.32 Å². The quantitative estimate of drug-likeness (QED) is 0.800. The molecule has 0 bridgehead atoms. The van der Waals surface area contributed by atoms with Gasteiger partial charge in [-0.05, 0) is 36.8 Å². The predicted molar refractivity (Wildman–Crippen MR) is 75.9 cm³/mol. The average molecular weight is 298 g/mol. The van der Waals surface area contributed by atoms with E-state index in [2.05, 4.69) is 10.6 Å². The molecule has 2 atom stereocenters. The number of carbonyl (C=O) groups is 1. The first-order valence-corrected chi connectivity index (χ1v) is 7.21. The lowest BCUT2D eigenvalue weighted by Gasteiger charge is -2.30. The van der Waals surface area contributed by atoms with Gasteiger partial charge in [-0.15, -0.1) is 0 Å². The van der Waals surface area contributed by atoms with E-state index in [0.717, 1.165) is 37.8 Å². The third-order valence-corrected chi connectivity index (χ3v) is 4.01. The van der Waals surface area contributed by atoms with E-state index in [1.54, 1.807) is 0 Å². The highest BCUT2D eigenvalue weighted by Gasteiger charge is 2.24. The SMILES string of the molecule is O=C(NCC1CCCCC1CO)Nc1ccc(F)cc1F. The lowest BCUT2D eigenvalue weighted by molar-refractivity contribution is 0.134. The summed E-state index contributed by atoms with van der Waals surface area (Å²) in [6, 6.07) is 2.46. The number of aliphatic hydroxyl groups is 1. The number of amides is 2. The van der Waals surface area contributed by atoms with Crippen molar-refractivity contribution in [2.24, 2.45) is 11.8 Å². The van der Waals surface area contributed by atoms with E-state index < -0.39 is 17.7 Å². The minimum atomic E-state index is -0.809. The second-order valence-corrected chi connectivity index (χ2v) is 5.45. The summed E-state index contributed by atoms with van der Waals surface area (Å²) < 4.78 is 26.2. The lowest BCUT2D eigenvalue weighted by atomic mass is 9.80. The van der Waals surface area contributed by atoms with E-state index in [9.17, 15) is 18.7 Å². The minimum absolute atomic E-state index is 0.0590. The van der Waals surface area contributed by atoms with Gasteiger partial charge >= 0.3 is 6.03 Å². The third-order valence-electron chi connectivity index (χ3n) is 4.01. The van der Waals surface area contributed by atoms with Gasteiger partial charge in [-0.1, -0.05) is 12.8 Å². The van der Waals surface area contributed by atoms with Crippen LogP contribution in [0.2, 0.25) is 0 Å². The van der Waals surface area contributed by atoms with Crippen molar-refractivity contribution in [2.45, 2.75) is 25.7 Å². The van der Waals surface area contributed by atoms with Gasteiger partial charge in [-0.25, -0.2) is 13.6 Å². The van der Waals surface area contributed by atoms with Crippen LogP contribution in [-0.4, -0.2) is 24.3 Å². The van der Waals surface area contributed by atoms with Gasteiger partial charge in [0.15, 0.2) is 0 Å². The number of hydrogen-bond donors (Lipinski definition) is 3. The molecule has 0 aliphatic heterocycles. The Morgan fingerprint density at radius 2 is 1.95 bits per heavy atom. The van der Waals surface area contributed by atoms with Gasteiger partial charge in [0.1, 0.15) is 11.6 Å². The summed E-state index contributed by atoms with van der Waals surface area (Å²) >= 11 is 0. The largest absolute Gasteiger partial charge is 0.396 e. The number of nitrogens with one attached hydrogen (secondary N) is 2. The lowest BCUT2D eigenvalue weighted by Crippen LogP contribution is -2.37. The maximum absolute atomic E-state index is 13.4. The number of halogens is 2. The van der Waals surface area contributed by atoms with Crippen molar-refractivity contribution in [2.75, 3.05) is 18.5 Å². The molecule has 0 spiro atoms. The summed E-state index contributed by atoms with van der Waals surface area (Å²) in [5.41, 5.74) is -0.0590. The maximum atomic E-state index is 13.4. The van der Waals surface area contributed by atoms with Crippen molar-refractivity contribution in [3.8, 4) is 0 Å². The highest BCUT2D eigenvalue weighted by molar-refractivity contribution is 5.89. The molecule has 1 aliphatic carbocycles. The minimum Gasteiger partial charge on any atom is -0.396 e. The molecule has 6 heteroatoms. The van der Waals surface area contributed by atoms with Gasteiger partial charge in [-0.3, -0.25) is 0 Å². The Morgan fingerprint density at radius 1 is 1.24 bits per heavy atom. The molecule has 4 nitrogen and oxygen atoms in total. The molecular formula is C15H20F2N2O2. The molecule has 0 aromatic heterocycles. The molecule has 1 aromatic rings. The Labute approximate surface area is 122 Å². The molecule has 0 saturated heterocycles. The van der Waals surface area contributed by atoms with Gasteiger partial charge in [0, 0.05) is 19.2 Å². The fourth-order valence-corrected chi connectivity index (χ4v) is 2.77. The first-order chi connectivity index (χ1) is 10.1. The van der Waals surface area contributed by atoms with E-state index in [4.69, 9.17) is 0 Å². The molecule has 21 heavy (non-hydrogen) atoms. The van der Waals surface area contributed by atoms with Gasteiger partial charge < -0.3 is 15.7 Å². The maximum Gasteiger partial charge on any atom is 0.319 e. The zero-order valence-corrected chi connectivity index (χ0v) is 11.7. The van der Waals surface area contributed by atoms with E-state index in [1.807, 2.05) is 0 Å². The molecule has 2 rings (SSSR count). The summed E-state index contributed by atoms with van der Waals surface area (Å²) in [5, 5.41) is 14.4. The summed E-state index contributed by atoms with van der Waals surface area (Å²) in [6.07, 6.45) is 4.14. The molecule has 1 fully saturated rings. The number of carbonyl (C=O) groups excluding carboxylic acids is 1. The zero-order valence-electron chi connectivity index (χ0n) is 11.7. The fraction of sp³-hybridized carbons (Fsp3) is 0.533. The second-order valence-electron chi connectivity index (χ2n) is 5.45. The molecule has 1 aliphatic rings. The number of urea groups is 1. The van der Waals surface area contributed by atoms with Crippen LogP contribution >= 0.6 is 0 Å². The average Bonchev–Trinajstić information content (AvgIpc) is 2.48. The second kappa shape index (κ2) is 7.36.